The van der Waals surface area contributed by atoms with E-state index in [1.807, 2.05) is 13.0 Å². The fraction of sp³-hybridized carbons (Fsp3) is 0.533. The average Bonchev–Trinajstić information content (AvgIpc) is 2.47. The molecule has 3 nitrogen and oxygen atoms in total. The standard InChI is InChI=1S/C15H19F3N2O/c1-2-19-12-8-9-20(14(21)15(16,17)18)13(10-12)11-6-4-3-5-7-11/h3-7,12-13,19H,2,8-10H2,1H3/t12?,13-/m0/s1. The SMILES string of the molecule is CCNC1CCN(C(=O)C(F)(F)F)[C@H](c2ccccc2)C1. The van der Waals surface area contributed by atoms with Gasteiger partial charge in [-0.05, 0) is 24.9 Å². The van der Waals surface area contributed by atoms with Crippen molar-refractivity contribution >= 4 is 5.91 Å². The summed E-state index contributed by atoms with van der Waals surface area (Å²) in [6.07, 6.45) is -3.78. The van der Waals surface area contributed by atoms with E-state index in [0.717, 1.165) is 17.0 Å². The number of nitrogens with zero attached hydrogens (tertiary/aromatic N) is 1. The molecule has 1 heterocycles. The van der Waals surface area contributed by atoms with E-state index in [1.165, 1.54) is 0 Å². The first-order valence-electron chi connectivity index (χ1n) is 7.09. The van der Waals surface area contributed by atoms with Crippen molar-refractivity contribution < 1.29 is 18.0 Å². The van der Waals surface area contributed by atoms with Gasteiger partial charge in [-0.1, -0.05) is 37.3 Å². The maximum absolute atomic E-state index is 12.8. The lowest BCUT2D eigenvalue weighted by molar-refractivity contribution is -0.189. The minimum Gasteiger partial charge on any atom is -0.328 e. The van der Waals surface area contributed by atoms with Crippen molar-refractivity contribution in [3.8, 4) is 0 Å². The minimum absolute atomic E-state index is 0.121. The van der Waals surface area contributed by atoms with Crippen molar-refractivity contribution in [3.63, 3.8) is 0 Å². The van der Waals surface area contributed by atoms with Crippen molar-refractivity contribution in [3.05, 3.63) is 35.9 Å². The van der Waals surface area contributed by atoms with Gasteiger partial charge in [-0.3, -0.25) is 4.79 Å². The molecule has 6 heteroatoms. The second kappa shape index (κ2) is 6.47. The first kappa shape index (κ1) is 15.8. The molecule has 1 aromatic carbocycles. The van der Waals surface area contributed by atoms with Gasteiger partial charge in [-0.2, -0.15) is 13.2 Å². The lowest BCUT2D eigenvalue weighted by atomic mass is 9.91. The quantitative estimate of drug-likeness (QED) is 0.931. The van der Waals surface area contributed by atoms with Gasteiger partial charge in [0.25, 0.3) is 0 Å². The summed E-state index contributed by atoms with van der Waals surface area (Å²) in [5, 5.41) is 3.26. The van der Waals surface area contributed by atoms with Gasteiger partial charge >= 0.3 is 12.1 Å². The zero-order chi connectivity index (χ0) is 15.5. The summed E-state index contributed by atoms with van der Waals surface area (Å²) < 4.78 is 38.3. The first-order valence-corrected chi connectivity index (χ1v) is 7.09. The molecule has 1 aromatic rings. The largest absolute Gasteiger partial charge is 0.471 e. The smallest absolute Gasteiger partial charge is 0.328 e. The molecule has 21 heavy (non-hydrogen) atoms. The van der Waals surface area contributed by atoms with Crippen LogP contribution in [-0.2, 0) is 4.79 Å². The third kappa shape index (κ3) is 3.75. The fourth-order valence-electron chi connectivity index (χ4n) is 2.84. The van der Waals surface area contributed by atoms with Crippen LogP contribution in [0.4, 0.5) is 13.2 Å². The highest BCUT2D eigenvalue weighted by molar-refractivity contribution is 5.82. The van der Waals surface area contributed by atoms with Gasteiger partial charge in [-0.25, -0.2) is 0 Å². The second-order valence-corrected chi connectivity index (χ2v) is 5.20. The molecule has 1 aliphatic rings. The molecule has 1 unspecified atom stereocenters. The van der Waals surface area contributed by atoms with Gasteiger partial charge in [0.2, 0.25) is 0 Å². The van der Waals surface area contributed by atoms with Crippen LogP contribution < -0.4 is 5.32 Å². The summed E-state index contributed by atoms with van der Waals surface area (Å²) in [6, 6.07) is 8.52. The van der Waals surface area contributed by atoms with Crippen LogP contribution >= 0.6 is 0 Å². The number of amides is 1. The van der Waals surface area contributed by atoms with Crippen LogP contribution in [0.15, 0.2) is 30.3 Å². The lowest BCUT2D eigenvalue weighted by Crippen LogP contribution is -2.50. The summed E-state index contributed by atoms with van der Waals surface area (Å²) in [6.45, 7) is 2.85. The summed E-state index contributed by atoms with van der Waals surface area (Å²) in [5.41, 5.74) is 0.748. The number of hydrogen-bond acceptors (Lipinski definition) is 2. The van der Waals surface area contributed by atoms with Crippen LogP contribution in [0.2, 0.25) is 0 Å². The topological polar surface area (TPSA) is 32.3 Å². The molecular formula is C15H19F3N2O. The fourth-order valence-corrected chi connectivity index (χ4v) is 2.84. The molecule has 116 valence electrons. The molecule has 1 N–H and O–H groups in total. The van der Waals surface area contributed by atoms with Crippen LogP contribution in [0.1, 0.15) is 31.4 Å². The molecule has 0 bridgehead atoms. The Morgan fingerprint density at radius 1 is 1.33 bits per heavy atom. The van der Waals surface area contributed by atoms with Crippen molar-refractivity contribution in [2.75, 3.05) is 13.1 Å². The van der Waals surface area contributed by atoms with E-state index in [2.05, 4.69) is 5.32 Å². The number of piperidine rings is 1. The van der Waals surface area contributed by atoms with E-state index in [1.54, 1.807) is 24.3 Å². The minimum atomic E-state index is -4.82. The molecule has 2 rings (SSSR count). The van der Waals surface area contributed by atoms with Crippen molar-refractivity contribution in [2.24, 2.45) is 0 Å². The second-order valence-electron chi connectivity index (χ2n) is 5.20. The van der Waals surface area contributed by atoms with Gasteiger partial charge in [0.05, 0.1) is 6.04 Å². The Morgan fingerprint density at radius 3 is 2.57 bits per heavy atom. The Balaban J connectivity index is 2.24. The first-order chi connectivity index (χ1) is 9.93. The Morgan fingerprint density at radius 2 is 2.00 bits per heavy atom. The number of hydrogen-bond donors (Lipinski definition) is 1. The molecule has 1 amide bonds. The number of carbonyl (C=O) groups excluding carboxylic acids is 1. The van der Waals surface area contributed by atoms with Crippen LogP contribution in [0.3, 0.4) is 0 Å². The van der Waals surface area contributed by atoms with E-state index in [9.17, 15) is 18.0 Å². The maximum Gasteiger partial charge on any atom is 0.471 e. The summed E-state index contributed by atoms with van der Waals surface area (Å²) >= 11 is 0. The van der Waals surface area contributed by atoms with E-state index < -0.39 is 18.1 Å². The Labute approximate surface area is 122 Å². The molecule has 0 aromatic heterocycles. The van der Waals surface area contributed by atoms with Crippen LogP contribution in [-0.4, -0.2) is 36.1 Å². The highest BCUT2D eigenvalue weighted by atomic mass is 19.4. The maximum atomic E-state index is 12.8. The lowest BCUT2D eigenvalue weighted by Gasteiger charge is -2.40. The van der Waals surface area contributed by atoms with E-state index >= 15 is 0 Å². The molecule has 1 fully saturated rings. The molecule has 2 atom stereocenters. The summed E-state index contributed by atoms with van der Waals surface area (Å²) in [4.78, 5) is 12.6. The number of nitrogens with one attached hydrogen (secondary N) is 1. The van der Waals surface area contributed by atoms with Gasteiger partial charge < -0.3 is 10.2 Å². The monoisotopic (exact) mass is 300 g/mol. The molecule has 1 saturated heterocycles. The highest BCUT2D eigenvalue weighted by Crippen LogP contribution is 2.34. The van der Waals surface area contributed by atoms with Crippen LogP contribution in [0.5, 0.6) is 0 Å². The number of likely N-dealkylation sites (tertiary alicyclic amines) is 1. The third-order valence-electron chi connectivity index (χ3n) is 3.78. The van der Waals surface area contributed by atoms with Gasteiger partial charge in [-0.15, -0.1) is 0 Å². The van der Waals surface area contributed by atoms with Crippen molar-refractivity contribution in [2.45, 2.75) is 38.0 Å². The molecule has 0 radical (unpaired) electrons. The van der Waals surface area contributed by atoms with Crippen molar-refractivity contribution in [1.82, 2.24) is 10.2 Å². The van der Waals surface area contributed by atoms with E-state index in [4.69, 9.17) is 0 Å². The predicted octanol–water partition coefficient (Wildman–Crippen LogP) is 2.89. The Hall–Kier alpha value is -1.56. The Bertz CT molecular complexity index is 476. The van der Waals surface area contributed by atoms with Gasteiger partial charge in [0, 0.05) is 12.6 Å². The molecule has 0 aliphatic carbocycles. The summed E-state index contributed by atoms with van der Waals surface area (Å²) in [7, 11) is 0. The van der Waals surface area contributed by atoms with Crippen LogP contribution in [0.25, 0.3) is 0 Å². The summed E-state index contributed by atoms with van der Waals surface area (Å²) in [5.74, 6) is -1.74. The number of alkyl halides is 3. The predicted molar refractivity (Wildman–Crippen MR) is 73.6 cm³/mol. The van der Waals surface area contributed by atoms with Crippen LogP contribution in [0, 0.1) is 0 Å². The number of carbonyl (C=O) groups is 1. The Kier molecular flexibility index (Phi) is 4.88. The number of benzene rings is 1. The molecule has 0 spiro atoms. The average molecular weight is 300 g/mol. The van der Waals surface area contributed by atoms with Gasteiger partial charge in [0.1, 0.15) is 0 Å². The molecule has 0 saturated carbocycles. The molecular weight excluding hydrogens is 281 g/mol. The highest BCUT2D eigenvalue weighted by Gasteiger charge is 2.46. The van der Waals surface area contributed by atoms with E-state index in [0.29, 0.717) is 12.8 Å². The number of rotatable bonds is 3. The van der Waals surface area contributed by atoms with Crippen molar-refractivity contribution in [1.29, 1.82) is 0 Å². The zero-order valence-corrected chi connectivity index (χ0v) is 11.9. The van der Waals surface area contributed by atoms with E-state index in [-0.39, 0.29) is 12.6 Å². The number of halogens is 3. The third-order valence-corrected chi connectivity index (χ3v) is 3.78. The normalized spacial score (nSPS) is 23.1. The molecule has 1 aliphatic heterocycles. The van der Waals surface area contributed by atoms with Gasteiger partial charge in [0.15, 0.2) is 0 Å². The zero-order valence-electron chi connectivity index (χ0n) is 11.9.